The van der Waals surface area contributed by atoms with E-state index < -0.39 is 0 Å². The fraction of sp³-hybridized carbons (Fsp3) is 0.167. The molecule has 0 aliphatic carbocycles. The van der Waals surface area contributed by atoms with E-state index in [0.717, 1.165) is 16.5 Å². The van der Waals surface area contributed by atoms with Crippen molar-refractivity contribution >= 4 is 28.1 Å². The van der Waals surface area contributed by atoms with Gasteiger partial charge < -0.3 is 13.9 Å². The third-order valence-electron chi connectivity index (χ3n) is 5.81. The van der Waals surface area contributed by atoms with Gasteiger partial charge in [-0.05, 0) is 62.2 Å². The third kappa shape index (κ3) is 4.76. The van der Waals surface area contributed by atoms with E-state index in [4.69, 9.17) is 18.9 Å². The molecule has 37 heavy (non-hydrogen) atoms. The number of aromatic nitrogens is 2. The Kier molecular flexibility index (Phi) is 6.60. The lowest BCUT2D eigenvalue weighted by molar-refractivity contribution is 0.228. The van der Waals surface area contributed by atoms with Gasteiger partial charge in [-0.2, -0.15) is 9.78 Å². The predicted molar refractivity (Wildman–Crippen MR) is 147 cm³/mol. The molecule has 0 fully saturated rings. The lowest BCUT2D eigenvalue weighted by Gasteiger charge is -2.18. The first-order valence-electron chi connectivity index (χ1n) is 12.0. The van der Waals surface area contributed by atoms with E-state index in [1.807, 2.05) is 62.4 Å². The minimum Gasteiger partial charge on any atom is -0.493 e. The molecule has 2 aromatic heterocycles. The van der Waals surface area contributed by atoms with Crippen molar-refractivity contribution in [3.8, 4) is 23.1 Å². The van der Waals surface area contributed by atoms with E-state index in [0.29, 0.717) is 46.0 Å². The maximum atomic E-state index is 13.5. The molecule has 0 spiro atoms. The van der Waals surface area contributed by atoms with Crippen LogP contribution in [0.4, 0.5) is 0 Å². The van der Waals surface area contributed by atoms with Crippen LogP contribution < -0.4 is 15.0 Å². The zero-order valence-electron chi connectivity index (χ0n) is 21.0. The zero-order valence-corrected chi connectivity index (χ0v) is 21.0. The van der Waals surface area contributed by atoms with Gasteiger partial charge in [-0.3, -0.25) is 4.79 Å². The Labute approximate surface area is 214 Å². The van der Waals surface area contributed by atoms with Crippen LogP contribution in [-0.2, 0) is 6.42 Å². The number of fused-ring (bicyclic) bond motifs is 2. The molecule has 0 unspecified atom stereocenters. The van der Waals surface area contributed by atoms with Gasteiger partial charge in [0.15, 0.2) is 17.3 Å². The molecule has 0 saturated heterocycles. The summed E-state index contributed by atoms with van der Waals surface area (Å²) in [6.07, 6.45) is 3.98. The number of hydrogen-bond acceptors (Lipinski definition) is 6. The Morgan fingerprint density at radius 3 is 2.65 bits per heavy atom. The van der Waals surface area contributed by atoms with Gasteiger partial charge >= 0.3 is 0 Å². The highest BCUT2D eigenvalue weighted by Gasteiger charge is 2.17. The summed E-state index contributed by atoms with van der Waals surface area (Å²) in [6.45, 7) is 7.79. The topological polar surface area (TPSA) is 78.9 Å². The second-order valence-corrected chi connectivity index (χ2v) is 8.83. The van der Waals surface area contributed by atoms with Gasteiger partial charge in [0.25, 0.3) is 5.56 Å². The van der Waals surface area contributed by atoms with Gasteiger partial charge in [0, 0.05) is 10.9 Å². The van der Waals surface area contributed by atoms with E-state index in [1.54, 1.807) is 37.6 Å². The number of hydrogen-bond donors (Lipinski definition) is 0. The van der Waals surface area contributed by atoms with E-state index in [9.17, 15) is 4.79 Å². The summed E-state index contributed by atoms with van der Waals surface area (Å²) in [5.74, 6) is 2.01. The molecule has 186 valence electrons. The monoisotopic (exact) mass is 493 g/mol. The smallest absolute Gasteiger partial charge is 0.282 e. The molecule has 0 radical (unpaired) electrons. The van der Waals surface area contributed by atoms with E-state index in [-0.39, 0.29) is 11.7 Å². The van der Waals surface area contributed by atoms with Gasteiger partial charge in [-0.1, -0.05) is 36.4 Å². The number of allylic oxidation sites excluding steroid dienone is 1. The van der Waals surface area contributed by atoms with Crippen LogP contribution in [0.2, 0.25) is 0 Å². The second-order valence-electron chi connectivity index (χ2n) is 8.83. The summed E-state index contributed by atoms with van der Waals surface area (Å²) in [6, 6.07) is 20.5. The maximum absolute atomic E-state index is 13.5. The Morgan fingerprint density at radius 2 is 1.89 bits per heavy atom. The predicted octanol–water partition coefficient (Wildman–Crippen LogP) is 6.22. The highest BCUT2D eigenvalue weighted by atomic mass is 16.5. The molecule has 7 heteroatoms. The maximum Gasteiger partial charge on any atom is 0.282 e. The molecule has 0 amide bonds. The van der Waals surface area contributed by atoms with Crippen LogP contribution in [0.5, 0.6) is 11.5 Å². The van der Waals surface area contributed by atoms with Crippen molar-refractivity contribution in [2.24, 2.45) is 5.10 Å². The fourth-order valence-corrected chi connectivity index (χ4v) is 4.19. The van der Waals surface area contributed by atoms with Crippen LogP contribution in [0.25, 0.3) is 33.5 Å². The van der Waals surface area contributed by atoms with Gasteiger partial charge in [-0.25, -0.2) is 4.98 Å². The average molecular weight is 494 g/mol. The molecule has 5 rings (SSSR count). The molecule has 0 saturated carbocycles. The first-order valence-corrected chi connectivity index (χ1v) is 12.0. The lowest BCUT2D eigenvalue weighted by Crippen LogP contribution is -2.20. The van der Waals surface area contributed by atoms with E-state index in [1.165, 1.54) is 4.68 Å². The summed E-state index contributed by atoms with van der Waals surface area (Å²) in [7, 11) is 1.60. The highest BCUT2D eigenvalue weighted by molar-refractivity contribution is 5.85. The van der Waals surface area contributed by atoms with E-state index >= 15 is 0 Å². The lowest BCUT2D eigenvalue weighted by atomic mass is 10.1. The number of ether oxygens (including phenoxy) is 2. The number of para-hydroxylation sites is 2. The number of furan rings is 1. The van der Waals surface area contributed by atoms with Crippen molar-refractivity contribution in [3.05, 3.63) is 101 Å². The first kappa shape index (κ1) is 24.1. The Morgan fingerprint density at radius 1 is 1.11 bits per heavy atom. The average Bonchev–Trinajstić information content (AvgIpc) is 3.33. The van der Waals surface area contributed by atoms with Crippen LogP contribution in [0.15, 0.2) is 93.7 Å². The largest absolute Gasteiger partial charge is 0.493 e. The fourth-order valence-electron chi connectivity index (χ4n) is 4.19. The Balaban J connectivity index is 1.67. The molecule has 3 aromatic carbocycles. The molecule has 7 nitrogen and oxygen atoms in total. The van der Waals surface area contributed by atoms with Crippen LogP contribution in [0.3, 0.4) is 0 Å². The minimum atomic E-state index is -0.296. The van der Waals surface area contributed by atoms with Crippen molar-refractivity contribution in [3.63, 3.8) is 0 Å². The van der Waals surface area contributed by atoms with Gasteiger partial charge in [0.2, 0.25) is 5.82 Å². The standard InChI is InChI=1S/C30H27N3O4/c1-5-10-22-15-20(16-26(35-4)28(22)36-19(2)3)18-31-33-29(27-17-21-11-6-9-14-25(21)37-27)32-24-13-8-7-12-23(24)30(33)34/h5-9,11-19H,1,10H2,2-4H3. The molecule has 5 aromatic rings. The number of rotatable bonds is 8. The van der Waals surface area contributed by atoms with Crippen molar-refractivity contribution in [1.82, 2.24) is 9.66 Å². The Hall–Kier alpha value is -4.65. The molecule has 0 N–H and O–H groups in total. The number of benzene rings is 3. The van der Waals surface area contributed by atoms with Gasteiger partial charge in [0.05, 0.1) is 30.3 Å². The van der Waals surface area contributed by atoms with Crippen molar-refractivity contribution in [2.75, 3.05) is 7.11 Å². The Bertz CT molecular complexity index is 1660. The highest BCUT2D eigenvalue weighted by Crippen LogP contribution is 2.34. The van der Waals surface area contributed by atoms with Gasteiger partial charge in [0.1, 0.15) is 5.58 Å². The SMILES string of the molecule is C=CCc1cc(C=Nn2c(-c3cc4ccccc4o3)nc3ccccc3c2=O)cc(OC)c1OC(C)C. The zero-order chi connectivity index (χ0) is 25.9. The molecule has 0 atom stereocenters. The van der Waals surface area contributed by atoms with Crippen LogP contribution in [0, 0.1) is 0 Å². The second kappa shape index (κ2) is 10.1. The molecular formula is C30H27N3O4. The molecular weight excluding hydrogens is 466 g/mol. The summed E-state index contributed by atoms with van der Waals surface area (Å²) < 4.78 is 19.0. The molecule has 2 heterocycles. The van der Waals surface area contributed by atoms with Crippen LogP contribution in [-0.4, -0.2) is 29.1 Å². The van der Waals surface area contributed by atoms with Crippen LogP contribution >= 0.6 is 0 Å². The third-order valence-corrected chi connectivity index (χ3v) is 5.81. The first-order chi connectivity index (χ1) is 18.0. The minimum absolute atomic E-state index is 0.0226. The summed E-state index contributed by atoms with van der Waals surface area (Å²) in [4.78, 5) is 18.3. The molecule has 0 aliphatic heterocycles. The van der Waals surface area contributed by atoms with Crippen molar-refractivity contribution in [2.45, 2.75) is 26.4 Å². The molecule has 0 bridgehead atoms. The van der Waals surface area contributed by atoms with Crippen molar-refractivity contribution in [1.29, 1.82) is 0 Å². The van der Waals surface area contributed by atoms with Gasteiger partial charge in [-0.15, -0.1) is 6.58 Å². The summed E-state index contributed by atoms with van der Waals surface area (Å²) >= 11 is 0. The molecule has 0 aliphatic rings. The van der Waals surface area contributed by atoms with Crippen LogP contribution in [0.1, 0.15) is 25.0 Å². The summed E-state index contributed by atoms with van der Waals surface area (Å²) in [5, 5.41) is 5.95. The summed E-state index contributed by atoms with van der Waals surface area (Å²) in [5.41, 5.74) is 2.62. The number of methoxy groups -OCH3 is 1. The van der Waals surface area contributed by atoms with Crippen molar-refractivity contribution < 1.29 is 13.9 Å². The van der Waals surface area contributed by atoms with E-state index in [2.05, 4.69) is 11.7 Å². The number of nitrogens with zero attached hydrogens (tertiary/aromatic N) is 3. The normalized spacial score (nSPS) is 11.6. The quantitative estimate of drug-likeness (QED) is 0.189.